The minimum absolute atomic E-state index is 0.162. The fourth-order valence-electron chi connectivity index (χ4n) is 2.35. The van der Waals surface area contributed by atoms with E-state index in [9.17, 15) is 9.59 Å². The summed E-state index contributed by atoms with van der Waals surface area (Å²) in [6.45, 7) is 6.81. The van der Waals surface area contributed by atoms with Crippen LogP contribution in [0.1, 0.15) is 44.0 Å². The van der Waals surface area contributed by atoms with Gasteiger partial charge in [0.1, 0.15) is 11.4 Å². The predicted molar refractivity (Wildman–Crippen MR) is 85.6 cm³/mol. The first kappa shape index (κ1) is 17.1. The number of hydrogen-bond donors (Lipinski definition) is 2. The van der Waals surface area contributed by atoms with Gasteiger partial charge in [0, 0.05) is 25.3 Å². The van der Waals surface area contributed by atoms with Gasteiger partial charge in [-0.15, -0.1) is 0 Å². The Hall–Kier alpha value is -2.31. The Morgan fingerprint density at radius 2 is 1.96 bits per heavy atom. The molecule has 23 heavy (non-hydrogen) atoms. The van der Waals surface area contributed by atoms with Crippen LogP contribution in [0, 0.1) is 0 Å². The van der Waals surface area contributed by atoms with Gasteiger partial charge in [0.2, 0.25) is 0 Å². The van der Waals surface area contributed by atoms with Gasteiger partial charge in [-0.25, -0.2) is 14.6 Å². The molecule has 1 saturated heterocycles. The molecule has 1 aliphatic heterocycles. The minimum Gasteiger partial charge on any atom is -0.478 e. The van der Waals surface area contributed by atoms with Crippen molar-refractivity contribution in [2.45, 2.75) is 45.3 Å². The number of aromatic carboxylic acids is 1. The van der Waals surface area contributed by atoms with Crippen molar-refractivity contribution in [2.24, 2.45) is 0 Å². The molecule has 0 aliphatic carbocycles. The largest absolute Gasteiger partial charge is 0.478 e. The Bertz CT molecular complexity index is 558. The predicted octanol–water partition coefficient (Wildman–Crippen LogP) is 2.59. The van der Waals surface area contributed by atoms with E-state index in [1.807, 2.05) is 20.8 Å². The van der Waals surface area contributed by atoms with Gasteiger partial charge in [0.25, 0.3) is 0 Å². The van der Waals surface area contributed by atoms with Gasteiger partial charge in [-0.2, -0.15) is 0 Å². The molecule has 0 aromatic carbocycles. The third-order valence-electron chi connectivity index (χ3n) is 3.51. The summed E-state index contributed by atoms with van der Waals surface area (Å²) < 4.78 is 5.36. The van der Waals surface area contributed by atoms with Crippen LogP contribution in [0.4, 0.5) is 10.6 Å². The van der Waals surface area contributed by atoms with Crippen LogP contribution in [0.2, 0.25) is 0 Å². The maximum atomic E-state index is 12.0. The molecule has 1 amide bonds. The van der Waals surface area contributed by atoms with Gasteiger partial charge in [0.05, 0.1) is 5.56 Å². The van der Waals surface area contributed by atoms with Crippen LogP contribution in [-0.2, 0) is 4.74 Å². The Balaban J connectivity index is 1.82. The minimum atomic E-state index is -0.991. The number of nitrogens with one attached hydrogen (secondary N) is 1. The number of anilines is 1. The standard InChI is InChI=1S/C16H23N3O4/c1-16(2,3)23-15(22)19-8-6-12(7-9-19)18-13-5-4-11(10-17-13)14(20)21/h4-5,10,12H,6-9H2,1-3H3,(H,17,18)(H,20,21). The lowest BCUT2D eigenvalue weighted by atomic mass is 10.1. The Morgan fingerprint density at radius 1 is 1.30 bits per heavy atom. The molecule has 2 heterocycles. The van der Waals surface area contributed by atoms with E-state index in [2.05, 4.69) is 10.3 Å². The molecule has 7 heteroatoms. The normalized spacial score (nSPS) is 16.0. The smallest absolute Gasteiger partial charge is 0.410 e. The van der Waals surface area contributed by atoms with Gasteiger partial charge in [0.15, 0.2) is 0 Å². The lowest BCUT2D eigenvalue weighted by Crippen LogP contribution is -2.44. The number of carboxylic acids is 1. The molecule has 126 valence electrons. The number of amides is 1. The number of piperidine rings is 1. The summed E-state index contributed by atoms with van der Waals surface area (Å²) in [7, 11) is 0. The molecule has 0 atom stereocenters. The summed E-state index contributed by atoms with van der Waals surface area (Å²) in [6.07, 6.45) is 2.64. The lowest BCUT2D eigenvalue weighted by Gasteiger charge is -2.33. The lowest BCUT2D eigenvalue weighted by molar-refractivity contribution is 0.0210. The van der Waals surface area contributed by atoms with Gasteiger partial charge in [-0.3, -0.25) is 0 Å². The van der Waals surface area contributed by atoms with Crippen molar-refractivity contribution in [1.29, 1.82) is 0 Å². The molecular formula is C16H23N3O4. The first-order chi connectivity index (χ1) is 10.7. The molecule has 2 rings (SSSR count). The molecule has 0 bridgehead atoms. The third-order valence-corrected chi connectivity index (χ3v) is 3.51. The second-order valence-corrected chi connectivity index (χ2v) is 6.62. The number of hydrogen-bond acceptors (Lipinski definition) is 5. The number of rotatable bonds is 3. The molecule has 1 aliphatic rings. The number of likely N-dealkylation sites (tertiary alicyclic amines) is 1. The van der Waals surface area contributed by atoms with E-state index >= 15 is 0 Å². The highest BCUT2D eigenvalue weighted by molar-refractivity contribution is 5.87. The van der Waals surface area contributed by atoms with E-state index < -0.39 is 11.6 Å². The van der Waals surface area contributed by atoms with Crippen LogP contribution in [0.5, 0.6) is 0 Å². The molecule has 1 fully saturated rings. The average Bonchev–Trinajstić information content (AvgIpc) is 2.46. The highest BCUT2D eigenvalue weighted by atomic mass is 16.6. The average molecular weight is 321 g/mol. The van der Waals surface area contributed by atoms with Gasteiger partial charge >= 0.3 is 12.1 Å². The van der Waals surface area contributed by atoms with Crippen LogP contribution in [0.3, 0.4) is 0 Å². The second kappa shape index (κ2) is 6.85. The van der Waals surface area contributed by atoms with Crippen molar-refractivity contribution >= 4 is 17.9 Å². The third kappa shape index (κ3) is 5.12. The molecule has 2 N–H and O–H groups in total. The van der Waals surface area contributed by atoms with Crippen molar-refractivity contribution in [1.82, 2.24) is 9.88 Å². The number of carbonyl (C=O) groups is 2. The summed E-state index contributed by atoms with van der Waals surface area (Å²) >= 11 is 0. The van der Waals surface area contributed by atoms with Crippen molar-refractivity contribution in [3.63, 3.8) is 0 Å². The first-order valence-electron chi connectivity index (χ1n) is 7.68. The van der Waals surface area contributed by atoms with E-state index in [1.54, 1.807) is 11.0 Å². The Kier molecular flexibility index (Phi) is 5.08. The molecule has 7 nitrogen and oxygen atoms in total. The van der Waals surface area contributed by atoms with Crippen molar-refractivity contribution in [2.75, 3.05) is 18.4 Å². The zero-order chi connectivity index (χ0) is 17.0. The molecule has 0 radical (unpaired) electrons. The van der Waals surface area contributed by atoms with E-state index in [1.165, 1.54) is 12.3 Å². The zero-order valence-electron chi connectivity index (χ0n) is 13.7. The maximum Gasteiger partial charge on any atom is 0.410 e. The van der Waals surface area contributed by atoms with Crippen LogP contribution in [0.15, 0.2) is 18.3 Å². The zero-order valence-corrected chi connectivity index (χ0v) is 13.7. The van der Waals surface area contributed by atoms with E-state index in [-0.39, 0.29) is 17.7 Å². The molecule has 0 spiro atoms. The number of carboxylic acid groups (broad SMARTS) is 1. The fourth-order valence-corrected chi connectivity index (χ4v) is 2.35. The van der Waals surface area contributed by atoms with Gasteiger partial charge in [-0.1, -0.05) is 0 Å². The quantitative estimate of drug-likeness (QED) is 0.889. The fraction of sp³-hybridized carbons (Fsp3) is 0.562. The summed E-state index contributed by atoms with van der Waals surface area (Å²) in [5.41, 5.74) is -0.322. The number of carbonyl (C=O) groups excluding carboxylic acids is 1. The highest BCUT2D eigenvalue weighted by Crippen LogP contribution is 2.18. The van der Waals surface area contributed by atoms with Crippen LogP contribution < -0.4 is 5.32 Å². The van der Waals surface area contributed by atoms with Crippen molar-refractivity contribution in [3.05, 3.63) is 23.9 Å². The molecular weight excluding hydrogens is 298 g/mol. The number of nitrogens with zero attached hydrogens (tertiary/aromatic N) is 2. The molecule has 1 aromatic heterocycles. The summed E-state index contributed by atoms with van der Waals surface area (Å²) in [5, 5.41) is 12.1. The number of pyridine rings is 1. The summed E-state index contributed by atoms with van der Waals surface area (Å²) in [4.78, 5) is 28.6. The Labute approximate surface area is 135 Å². The van der Waals surface area contributed by atoms with E-state index in [0.29, 0.717) is 18.9 Å². The van der Waals surface area contributed by atoms with Gasteiger partial charge in [-0.05, 0) is 45.7 Å². The number of ether oxygens (including phenoxy) is 1. The maximum absolute atomic E-state index is 12.0. The monoisotopic (exact) mass is 321 g/mol. The summed E-state index contributed by atoms with van der Waals surface area (Å²) in [6, 6.07) is 3.38. The summed E-state index contributed by atoms with van der Waals surface area (Å²) in [5.74, 6) is -0.347. The van der Waals surface area contributed by atoms with E-state index in [0.717, 1.165) is 12.8 Å². The molecule has 0 unspecified atom stereocenters. The number of aromatic nitrogens is 1. The topological polar surface area (TPSA) is 91.8 Å². The van der Waals surface area contributed by atoms with E-state index in [4.69, 9.17) is 9.84 Å². The Morgan fingerprint density at radius 3 is 2.43 bits per heavy atom. The van der Waals surface area contributed by atoms with Crippen LogP contribution in [0.25, 0.3) is 0 Å². The second-order valence-electron chi connectivity index (χ2n) is 6.62. The SMILES string of the molecule is CC(C)(C)OC(=O)N1CCC(Nc2ccc(C(=O)O)cn2)CC1. The van der Waals surface area contributed by atoms with Crippen LogP contribution >= 0.6 is 0 Å². The molecule has 0 saturated carbocycles. The van der Waals surface area contributed by atoms with Crippen molar-refractivity contribution in [3.8, 4) is 0 Å². The van der Waals surface area contributed by atoms with Crippen LogP contribution in [-0.4, -0.2) is 51.8 Å². The molecule has 1 aromatic rings. The van der Waals surface area contributed by atoms with Gasteiger partial charge < -0.3 is 20.1 Å². The van der Waals surface area contributed by atoms with Crippen molar-refractivity contribution < 1.29 is 19.4 Å². The highest BCUT2D eigenvalue weighted by Gasteiger charge is 2.26. The first-order valence-corrected chi connectivity index (χ1v) is 7.68.